The van der Waals surface area contributed by atoms with Crippen LogP contribution in [0.25, 0.3) is 21.8 Å². The first kappa shape index (κ1) is 19.7. The van der Waals surface area contributed by atoms with E-state index in [1.54, 1.807) is 32.5 Å². The Labute approximate surface area is 168 Å². The topological polar surface area (TPSA) is 120 Å². The van der Waals surface area contributed by atoms with Gasteiger partial charge in [-0.15, -0.1) is 0 Å². The van der Waals surface area contributed by atoms with Crippen molar-refractivity contribution in [3.8, 4) is 17.6 Å². The van der Waals surface area contributed by atoms with Gasteiger partial charge >= 0.3 is 0 Å². The van der Waals surface area contributed by atoms with Gasteiger partial charge in [0, 0.05) is 10.8 Å². The lowest BCUT2D eigenvalue weighted by Crippen LogP contribution is -1.96. The number of aryl methyl sites for hydroxylation is 1. The first-order valence-electron chi connectivity index (χ1n) is 8.80. The van der Waals surface area contributed by atoms with Gasteiger partial charge in [0.15, 0.2) is 11.5 Å². The maximum atomic E-state index is 8.91. The van der Waals surface area contributed by atoms with Crippen LogP contribution in [-0.4, -0.2) is 24.2 Å². The summed E-state index contributed by atoms with van der Waals surface area (Å²) in [5.41, 5.74) is 15.7. The molecule has 0 aliphatic carbocycles. The first-order chi connectivity index (χ1) is 14.0. The molecule has 2 aromatic heterocycles. The van der Waals surface area contributed by atoms with Crippen molar-refractivity contribution in [2.24, 2.45) is 0 Å². The van der Waals surface area contributed by atoms with E-state index in [2.05, 4.69) is 16.0 Å². The predicted octanol–water partition coefficient (Wildman–Crippen LogP) is 3.83. The zero-order valence-corrected chi connectivity index (χ0v) is 16.4. The maximum absolute atomic E-state index is 8.91. The van der Waals surface area contributed by atoms with Gasteiger partial charge in [0.2, 0.25) is 0 Å². The van der Waals surface area contributed by atoms with Crippen LogP contribution in [0.2, 0.25) is 0 Å². The lowest BCUT2D eigenvalue weighted by molar-refractivity contribution is 0.421. The predicted molar refractivity (Wildman–Crippen MR) is 115 cm³/mol. The highest BCUT2D eigenvalue weighted by molar-refractivity contribution is 5.93. The fraction of sp³-hybridized carbons (Fsp3) is 0.136. The van der Waals surface area contributed by atoms with E-state index < -0.39 is 0 Å². The number of fused-ring (bicyclic) bond motifs is 2. The number of nitrogens with zero attached hydrogens (tertiary/aromatic N) is 3. The molecule has 4 N–H and O–H groups in total. The van der Waals surface area contributed by atoms with Crippen LogP contribution in [0, 0.1) is 18.3 Å². The van der Waals surface area contributed by atoms with Crippen molar-refractivity contribution < 1.29 is 9.47 Å². The monoisotopic (exact) mass is 387 g/mol. The number of hydrogen-bond acceptors (Lipinski definition) is 7. The standard InChI is InChI=1S/C11H9N3O.C11H12N2O/c1-15-11-8-4-2-3-7(5-12)10(8)14-6-9(11)13;1-7-4-3-5-8-10(7)13-6-9(12)11(8)14-2/h2-4,6H,13H2,1H3;3-6H,12H2,1-2H3. The number of nitrogen functional groups attached to an aromatic ring is 2. The number of anilines is 2. The average molecular weight is 387 g/mol. The Morgan fingerprint density at radius 3 is 1.90 bits per heavy atom. The van der Waals surface area contributed by atoms with Gasteiger partial charge in [-0.3, -0.25) is 9.97 Å². The van der Waals surface area contributed by atoms with Gasteiger partial charge in [-0.2, -0.15) is 5.26 Å². The summed E-state index contributed by atoms with van der Waals surface area (Å²) >= 11 is 0. The summed E-state index contributed by atoms with van der Waals surface area (Å²) in [6.45, 7) is 2.02. The Morgan fingerprint density at radius 2 is 1.34 bits per heavy atom. The summed E-state index contributed by atoms with van der Waals surface area (Å²) in [5, 5.41) is 10.6. The van der Waals surface area contributed by atoms with Crippen LogP contribution in [0.1, 0.15) is 11.1 Å². The van der Waals surface area contributed by atoms with Crippen LogP contribution in [0.15, 0.2) is 48.8 Å². The number of pyridine rings is 2. The minimum absolute atomic E-state index is 0.472. The molecule has 0 amide bonds. The van der Waals surface area contributed by atoms with E-state index in [-0.39, 0.29) is 0 Å². The molecule has 146 valence electrons. The molecule has 0 bridgehead atoms. The Bertz CT molecular complexity index is 1230. The number of nitriles is 1. The van der Waals surface area contributed by atoms with Crippen molar-refractivity contribution in [1.82, 2.24) is 9.97 Å². The molecule has 29 heavy (non-hydrogen) atoms. The van der Waals surface area contributed by atoms with Crippen LogP contribution in [-0.2, 0) is 0 Å². The molecule has 2 heterocycles. The largest absolute Gasteiger partial charge is 0.494 e. The fourth-order valence-electron chi connectivity index (χ4n) is 3.12. The van der Waals surface area contributed by atoms with Crippen molar-refractivity contribution in [1.29, 1.82) is 5.26 Å². The molecule has 0 fully saturated rings. The third-order valence-corrected chi connectivity index (χ3v) is 4.48. The number of rotatable bonds is 2. The smallest absolute Gasteiger partial charge is 0.152 e. The number of hydrogen-bond donors (Lipinski definition) is 2. The average Bonchev–Trinajstić information content (AvgIpc) is 2.73. The molecule has 0 saturated carbocycles. The van der Waals surface area contributed by atoms with Gasteiger partial charge in [0.1, 0.15) is 6.07 Å². The molecule has 0 radical (unpaired) electrons. The second-order valence-electron chi connectivity index (χ2n) is 6.28. The van der Waals surface area contributed by atoms with Gasteiger partial charge in [-0.1, -0.05) is 18.2 Å². The van der Waals surface area contributed by atoms with Crippen molar-refractivity contribution in [3.05, 3.63) is 59.9 Å². The Morgan fingerprint density at radius 1 is 0.828 bits per heavy atom. The molecule has 7 heteroatoms. The molecule has 4 aromatic rings. The van der Waals surface area contributed by atoms with E-state index in [4.69, 9.17) is 26.2 Å². The molecule has 0 spiro atoms. The van der Waals surface area contributed by atoms with Crippen LogP contribution in [0.3, 0.4) is 0 Å². The lowest BCUT2D eigenvalue weighted by atomic mass is 10.1. The molecule has 4 rings (SSSR count). The summed E-state index contributed by atoms with van der Waals surface area (Å²) in [4.78, 5) is 8.42. The van der Waals surface area contributed by atoms with Gasteiger partial charge < -0.3 is 20.9 Å². The summed E-state index contributed by atoms with van der Waals surface area (Å²) in [6, 6.07) is 13.4. The van der Waals surface area contributed by atoms with E-state index in [0.29, 0.717) is 34.0 Å². The van der Waals surface area contributed by atoms with Crippen molar-refractivity contribution >= 4 is 33.2 Å². The lowest BCUT2D eigenvalue weighted by Gasteiger charge is -2.08. The molecule has 7 nitrogen and oxygen atoms in total. The van der Waals surface area contributed by atoms with E-state index in [0.717, 1.165) is 21.9 Å². The minimum atomic E-state index is 0.472. The van der Waals surface area contributed by atoms with Gasteiger partial charge in [0.25, 0.3) is 0 Å². The summed E-state index contributed by atoms with van der Waals surface area (Å²) in [5.74, 6) is 1.27. The molecule has 0 aliphatic rings. The Hall–Kier alpha value is -4.05. The number of para-hydroxylation sites is 2. The van der Waals surface area contributed by atoms with E-state index in [1.807, 2.05) is 31.2 Å². The second kappa shape index (κ2) is 8.31. The molecule has 0 aliphatic heterocycles. The Balaban J connectivity index is 0.000000166. The van der Waals surface area contributed by atoms with Crippen molar-refractivity contribution in [2.45, 2.75) is 6.92 Å². The van der Waals surface area contributed by atoms with Crippen LogP contribution in [0.5, 0.6) is 11.5 Å². The summed E-state index contributed by atoms with van der Waals surface area (Å²) < 4.78 is 10.4. The number of methoxy groups -OCH3 is 2. The summed E-state index contributed by atoms with van der Waals surface area (Å²) in [7, 11) is 3.16. The van der Waals surface area contributed by atoms with Crippen molar-refractivity contribution in [3.63, 3.8) is 0 Å². The maximum Gasteiger partial charge on any atom is 0.152 e. The fourth-order valence-corrected chi connectivity index (χ4v) is 3.12. The van der Waals surface area contributed by atoms with Crippen LogP contribution < -0.4 is 20.9 Å². The zero-order chi connectivity index (χ0) is 21.0. The van der Waals surface area contributed by atoms with Gasteiger partial charge in [-0.25, -0.2) is 0 Å². The highest BCUT2D eigenvalue weighted by Crippen LogP contribution is 2.32. The Kier molecular flexibility index (Phi) is 5.65. The van der Waals surface area contributed by atoms with E-state index in [9.17, 15) is 0 Å². The third-order valence-electron chi connectivity index (χ3n) is 4.48. The highest BCUT2D eigenvalue weighted by Gasteiger charge is 2.09. The second-order valence-corrected chi connectivity index (χ2v) is 6.28. The number of aromatic nitrogens is 2. The highest BCUT2D eigenvalue weighted by atomic mass is 16.5. The number of ether oxygens (including phenoxy) is 2. The minimum Gasteiger partial charge on any atom is -0.494 e. The summed E-state index contributed by atoms with van der Waals surface area (Å²) in [6.07, 6.45) is 3.14. The quantitative estimate of drug-likeness (QED) is 0.536. The van der Waals surface area contributed by atoms with Gasteiger partial charge in [-0.05, 0) is 30.7 Å². The normalized spacial score (nSPS) is 10.1. The van der Waals surface area contributed by atoms with Gasteiger partial charge in [0.05, 0.1) is 54.6 Å². The third kappa shape index (κ3) is 3.69. The molecular formula is C22H21N5O2. The number of nitrogens with two attached hydrogens (primary N) is 2. The molecule has 0 saturated heterocycles. The van der Waals surface area contributed by atoms with Crippen molar-refractivity contribution in [2.75, 3.05) is 25.7 Å². The molecule has 2 aromatic carbocycles. The molecular weight excluding hydrogens is 366 g/mol. The molecule has 0 unspecified atom stereocenters. The van der Waals surface area contributed by atoms with E-state index in [1.165, 1.54) is 6.20 Å². The van der Waals surface area contributed by atoms with E-state index >= 15 is 0 Å². The van der Waals surface area contributed by atoms with Crippen LogP contribution >= 0.6 is 0 Å². The molecule has 0 atom stereocenters. The number of benzene rings is 2. The van der Waals surface area contributed by atoms with Crippen LogP contribution in [0.4, 0.5) is 11.4 Å². The SMILES string of the molecule is COc1c(N)cnc2c(C#N)cccc12.COc1c(N)cnc2c(C)cccc12. The zero-order valence-electron chi connectivity index (χ0n) is 16.4. The first-order valence-corrected chi connectivity index (χ1v) is 8.80.